The van der Waals surface area contributed by atoms with E-state index < -0.39 is 97.5 Å². The zero-order valence-electron chi connectivity index (χ0n) is 73.6. The molecule has 5 atom stereocenters. The zero-order chi connectivity index (χ0) is 81.6. The molecular weight excluding hydrogens is 1440 g/mol. The van der Waals surface area contributed by atoms with Crippen molar-refractivity contribution in [2.75, 3.05) is 39.6 Å². The normalized spacial score (nSPS) is 13.8. The van der Waals surface area contributed by atoms with Crippen molar-refractivity contribution in [3.05, 3.63) is 0 Å². The van der Waals surface area contributed by atoms with Gasteiger partial charge in [0.15, 0.2) is 12.2 Å². The first-order chi connectivity index (χ1) is 53.6. The molecule has 0 aromatic rings. The van der Waals surface area contributed by atoms with E-state index in [2.05, 4.69) is 55.4 Å². The minimum Gasteiger partial charge on any atom is -0.462 e. The molecule has 0 bridgehead atoms. The van der Waals surface area contributed by atoms with Crippen LogP contribution >= 0.6 is 15.6 Å². The molecule has 17 nitrogen and oxygen atoms in total. The Balaban J connectivity index is 5.21. The van der Waals surface area contributed by atoms with Gasteiger partial charge in [-0.3, -0.25) is 37.3 Å². The molecule has 3 N–H and O–H groups in total. The maximum atomic E-state index is 13.2. The largest absolute Gasteiger partial charge is 0.472 e. The zero-order valence-corrected chi connectivity index (χ0v) is 75.4. The summed E-state index contributed by atoms with van der Waals surface area (Å²) in [6, 6.07) is 0. The van der Waals surface area contributed by atoms with Gasteiger partial charge in [0.05, 0.1) is 26.4 Å². The van der Waals surface area contributed by atoms with E-state index in [1.807, 2.05) is 0 Å². The highest BCUT2D eigenvalue weighted by Gasteiger charge is 2.31. The van der Waals surface area contributed by atoms with Crippen LogP contribution in [0.2, 0.25) is 0 Å². The van der Waals surface area contributed by atoms with Crippen LogP contribution in [0.15, 0.2) is 0 Å². The summed E-state index contributed by atoms with van der Waals surface area (Å²) in [5.41, 5.74) is 0. The van der Waals surface area contributed by atoms with Crippen molar-refractivity contribution in [2.24, 2.45) is 23.7 Å². The molecule has 0 saturated heterocycles. The lowest BCUT2D eigenvalue weighted by Gasteiger charge is -2.21. The molecule has 0 aromatic heterocycles. The molecule has 0 radical (unpaired) electrons. The summed E-state index contributed by atoms with van der Waals surface area (Å²) in [5, 5.41) is 10.7. The number of rotatable bonds is 89. The standard InChI is InChI=1S/C92H180O17P2/c1-82(2)68-60-52-44-37-31-25-19-13-9-11-15-22-28-34-40-48-56-64-72-89(94)102-78-87(108-91(96)74-67-59-50-42-36-30-24-18-17-21-27-33-39-46-54-62-70-84(5)6)80-106-110(98,99)104-76-86(93)77-105-111(100,101)107-81-88(79-103-90(95)73-65-57-51-43-47-55-63-71-85(7)8)109-92(97)75-66-58-49-41-35-29-23-16-12-10-14-20-26-32-38-45-53-61-69-83(3)4/h82-88,93H,9-81H2,1-8H3,(H,98,99)(H,100,101)/t86?,87-,88-/m1/s1. The third-order valence-corrected chi connectivity index (χ3v) is 23.5. The number of hydrogen-bond donors (Lipinski definition) is 3. The number of carbonyl (C=O) groups excluding carboxylic acids is 4. The van der Waals surface area contributed by atoms with Gasteiger partial charge in [0.1, 0.15) is 19.3 Å². The van der Waals surface area contributed by atoms with Gasteiger partial charge in [-0.25, -0.2) is 9.13 Å². The second-order valence-electron chi connectivity index (χ2n) is 35.0. The topological polar surface area (TPSA) is 237 Å². The van der Waals surface area contributed by atoms with Gasteiger partial charge in [-0.1, -0.05) is 434 Å². The summed E-state index contributed by atoms with van der Waals surface area (Å²) in [6.45, 7) is 14.4. The molecule has 0 aliphatic heterocycles. The minimum atomic E-state index is -4.97. The maximum Gasteiger partial charge on any atom is 0.472 e. The number of carbonyl (C=O) groups is 4. The first-order valence-corrected chi connectivity index (χ1v) is 50.2. The Morgan fingerprint density at radius 1 is 0.225 bits per heavy atom. The number of ether oxygens (including phenoxy) is 4. The predicted octanol–water partition coefficient (Wildman–Crippen LogP) is 28.3. The second-order valence-corrected chi connectivity index (χ2v) is 37.9. The van der Waals surface area contributed by atoms with Crippen LogP contribution in [-0.2, 0) is 65.4 Å². The van der Waals surface area contributed by atoms with E-state index in [0.717, 1.165) is 114 Å². The van der Waals surface area contributed by atoms with Crippen LogP contribution in [0.3, 0.4) is 0 Å². The van der Waals surface area contributed by atoms with Gasteiger partial charge in [0.2, 0.25) is 0 Å². The molecule has 0 spiro atoms. The SMILES string of the molecule is CC(C)CCCCCCCCCCCCCCCCCCCCC(=O)OC[C@H](COP(=O)(O)OCC(O)COP(=O)(O)OC[C@@H](COC(=O)CCCCCCCCCC(C)C)OC(=O)CCCCCCCCCCCCCCCCCCCCC(C)C)OC(=O)CCCCCCCCCCCCCCCCCCC(C)C. The van der Waals surface area contributed by atoms with Crippen LogP contribution in [0.1, 0.15) is 486 Å². The summed E-state index contributed by atoms with van der Waals surface area (Å²) in [4.78, 5) is 73.4. The van der Waals surface area contributed by atoms with Gasteiger partial charge in [-0.05, 0) is 49.4 Å². The summed E-state index contributed by atoms with van der Waals surface area (Å²) >= 11 is 0. The fourth-order valence-electron chi connectivity index (χ4n) is 14.4. The van der Waals surface area contributed by atoms with Crippen LogP contribution in [-0.4, -0.2) is 96.7 Å². The third kappa shape index (κ3) is 85.8. The molecule has 0 amide bonds. The van der Waals surface area contributed by atoms with Crippen molar-refractivity contribution < 1.29 is 80.2 Å². The molecule has 660 valence electrons. The molecular formula is C92H180O17P2. The van der Waals surface area contributed by atoms with Crippen molar-refractivity contribution in [1.82, 2.24) is 0 Å². The number of esters is 4. The molecule has 0 fully saturated rings. The van der Waals surface area contributed by atoms with Crippen molar-refractivity contribution in [1.29, 1.82) is 0 Å². The maximum absolute atomic E-state index is 13.2. The van der Waals surface area contributed by atoms with E-state index in [0.29, 0.717) is 31.6 Å². The second kappa shape index (κ2) is 80.5. The lowest BCUT2D eigenvalue weighted by Crippen LogP contribution is -2.30. The van der Waals surface area contributed by atoms with Gasteiger partial charge in [-0.2, -0.15) is 0 Å². The van der Waals surface area contributed by atoms with E-state index in [1.165, 1.54) is 283 Å². The van der Waals surface area contributed by atoms with Crippen molar-refractivity contribution in [3.63, 3.8) is 0 Å². The highest BCUT2D eigenvalue weighted by atomic mass is 31.2. The predicted molar refractivity (Wildman–Crippen MR) is 460 cm³/mol. The fraction of sp³-hybridized carbons (Fsp3) is 0.957. The lowest BCUT2D eigenvalue weighted by molar-refractivity contribution is -0.161. The molecule has 0 rings (SSSR count). The van der Waals surface area contributed by atoms with E-state index in [4.69, 9.17) is 37.0 Å². The highest BCUT2D eigenvalue weighted by Crippen LogP contribution is 2.45. The number of phosphoric acid groups is 2. The number of phosphoric ester groups is 2. The molecule has 0 heterocycles. The Labute approximate surface area is 683 Å². The van der Waals surface area contributed by atoms with E-state index in [-0.39, 0.29) is 25.7 Å². The van der Waals surface area contributed by atoms with Crippen molar-refractivity contribution in [3.8, 4) is 0 Å². The van der Waals surface area contributed by atoms with Gasteiger partial charge < -0.3 is 33.8 Å². The summed E-state index contributed by atoms with van der Waals surface area (Å²) in [5.74, 6) is 1.06. The van der Waals surface area contributed by atoms with Crippen LogP contribution in [0.25, 0.3) is 0 Å². The monoisotopic (exact) mass is 1620 g/mol. The molecule has 0 saturated carbocycles. The van der Waals surface area contributed by atoms with Gasteiger partial charge >= 0.3 is 39.5 Å². The molecule has 3 unspecified atom stereocenters. The van der Waals surface area contributed by atoms with E-state index in [9.17, 15) is 43.2 Å². The Morgan fingerprint density at radius 3 is 0.559 bits per heavy atom. The number of aliphatic hydroxyl groups is 1. The summed E-state index contributed by atoms with van der Waals surface area (Å²) in [7, 11) is -9.94. The first kappa shape index (κ1) is 109. The lowest BCUT2D eigenvalue weighted by atomic mass is 10.0. The Hall–Kier alpha value is -1.94. The molecule has 19 heteroatoms. The quantitative estimate of drug-likeness (QED) is 0.0222. The van der Waals surface area contributed by atoms with Gasteiger partial charge in [0.25, 0.3) is 0 Å². The number of hydrogen-bond acceptors (Lipinski definition) is 15. The molecule has 0 aromatic carbocycles. The molecule has 111 heavy (non-hydrogen) atoms. The number of aliphatic hydroxyl groups excluding tert-OH is 1. The smallest absolute Gasteiger partial charge is 0.462 e. The summed E-state index contributed by atoms with van der Waals surface area (Å²) in [6.07, 6.45) is 72.5. The Morgan fingerprint density at radius 2 is 0.378 bits per heavy atom. The Kier molecular flexibility index (Phi) is 79.1. The van der Waals surface area contributed by atoms with E-state index in [1.54, 1.807) is 0 Å². The van der Waals surface area contributed by atoms with Crippen molar-refractivity contribution in [2.45, 2.75) is 504 Å². The van der Waals surface area contributed by atoms with Crippen LogP contribution in [0.4, 0.5) is 0 Å². The number of unbranched alkanes of at least 4 members (excludes halogenated alkanes) is 55. The van der Waals surface area contributed by atoms with Crippen LogP contribution in [0, 0.1) is 23.7 Å². The third-order valence-electron chi connectivity index (χ3n) is 21.6. The highest BCUT2D eigenvalue weighted by molar-refractivity contribution is 7.47. The first-order valence-electron chi connectivity index (χ1n) is 47.2. The van der Waals surface area contributed by atoms with Crippen LogP contribution < -0.4 is 0 Å². The average Bonchev–Trinajstić information content (AvgIpc) is 0.903. The van der Waals surface area contributed by atoms with E-state index >= 15 is 0 Å². The fourth-order valence-corrected chi connectivity index (χ4v) is 16.0. The Bertz CT molecular complexity index is 2150. The van der Waals surface area contributed by atoms with Gasteiger partial charge in [0, 0.05) is 25.7 Å². The summed E-state index contributed by atoms with van der Waals surface area (Å²) < 4.78 is 69.1. The average molecular weight is 1620 g/mol. The van der Waals surface area contributed by atoms with Gasteiger partial charge in [-0.15, -0.1) is 0 Å². The molecule has 0 aliphatic rings. The van der Waals surface area contributed by atoms with Crippen molar-refractivity contribution >= 4 is 39.5 Å². The van der Waals surface area contributed by atoms with Crippen LogP contribution in [0.5, 0.6) is 0 Å². The molecule has 0 aliphatic carbocycles. The minimum absolute atomic E-state index is 0.107.